The fraction of sp³-hybridized carbons (Fsp3) is 0.240. The van der Waals surface area contributed by atoms with Crippen molar-refractivity contribution in [2.45, 2.75) is 40.8 Å². The van der Waals surface area contributed by atoms with E-state index < -0.39 is 11.7 Å². The summed E-state index contributed by atoms with van der Waals surface area (Å²) in [4.78, 5) is 13.6. The van der Waals surface area contributed by atoms with Crippen molar-refractivity contribution in [2.24, 2.45) is 9.98 Å². The summed E-state index contributed by atoms with van der Waals surface area (Å²) in [6.07, 6.45) is -4.47. The quantitative estimate of drug-likeness (QED) is 0.406. The van der Waals surface area contributed by atoms with Gasteiger partial charge in [-0.1, -0.05) is 35.9 Å². The first-order chi connectivity index (χ1) is 14.6. The van der Waals surface area contributed by atoms with Crippen LogP contribution >= 0.6 is 0 Å². The minimum absolute atomic E-state index is 0.129. The van der Waals surface area contributed by atoms with Crippen LogP contribution in [-0.2, 0) is 6.18 Å². The van der Waals surface area contributed by atoms with E-state index in [-0.39, 0.29) is 5.69 Å². The molecule has 0 radical (unpaired) electrons. The largest absolute Gasteiger partial charge is 0.418 e. The normalized spacial score (nSPS) is 12.9. The van der Waals surface area contributed by atoms with E-state index in [0.29, 0.717) is 17.1 Å². The molecule has 3 aromatic rings. The third kappa shape index (κ3) is 5.26. The van der Waals surface area contributed by atoms with Gasteiger partial charge in [-0.2, -0.15) is 13.2 Å². The van der Waals surface area contributed by atoms with Crippen LogP contribution in [0, 0.1) is 20.8 Å². The number of nitrogens with zero attached hydrogens (tertiary/aromatic N) is 3. The second kappa shape index (κ2) is 8.84. The highest BCUT2D eigenvalue weighted by Gasteiger charge is 2.33. The summed E-state index contributed by atoms with van der Waals surface area (Å²) in [6.45, 7) is 9.61. The molecule has 0 aliphatic carbocycles. The van der Waals surface area contributed by atoms with Crippen molar-refractivity contribution in [3.63, 3.8) is 0 Å². The Morgan fingerprint density at radius 2 is 1.32 bits per heavy atom. The third-order valence-electron chi connectivity index (χ3n) is 4.90. The van der Waals surface area contributed by atoms with Gasteiger partial charge in [0.05, 0.1) is 39.7 Å². The van der Waals surface area contributed by atoms with Crippen LogP contribution in [0.25, 0.3) is 0 Å². The van der Waals surface area contributed by atoms with Gasteiger partial charge < -0.3 is 0 Å². The fourth-order valence-electron chi connectivity index (χ4n) is 3.46. The zero-order chi connectivity index (χ0) is 22.8. The summed E-state index contributed by atoms with van der Waals surface area (Å²) < 4.78 is 39.8. The average molecular weight is 423 g/mol. The number of rotatable bonds is 4. The number of para-hydroxylation sites is 1. The lowest BCUT2D eigenvalue weighted by molar-refractivity contribution is -0.137. The summed E-state index contributed by atoms with van der Waals surface area (Å²) in [5, 5.41) is 0. The first-order valence-electron chi connectivity index (χ1n) is 9.88. The van der Waals surface area contributed by atoms with Crippen LogP contribution in [0.4, 0.5) is 24.5 Å². The van der Waals surface area contributed by atoms with E-state index in [1.54, 1.807) is 19.1 Å². The Balaban J connectivity index is 1.98. The Hall–Kier alpha value is -3.28. The number of pyridine rings is 1. The van der Waals surface area contributed by atoms with Crippen LogP contribution in [0.2, 0.25) is 0 Å². The van der Waals surface area contributed by atoms with E-state index in [4.69, 9.17) is 4.99 Å². The van der Waals surface area contributed by atoms with E-state index >= 15 is 0 Å². The second-order valence-corrected chi connectivity index (χ2v) is 7.56. The first kappa shape index (κ1) is 22.4. The maximum absolute atomic E-state index is 13.3. The predicted octanol–water partition coefficient (Wildman–Crippen LogP) is 7.31. The van der Waals surface area contributed by atoms with Crippen molar-refractivity contribution in [3.8, 4) is 0 Å². The maximum atomic E-state index is 13.3. The number of alkyl halides is 3. The maximum Gasteiger partial charge on any atom is 0.418 e. The molecule has 0 aliphatic rings. The summed E-state index contributed by atoms with van der Waals surface area (Å²) >= 11 is 0. The molecule has 0 saturated heterocycles. The Kier molecular flexibility index (Phi) is 6.39. The number of aliphatic imine (C=N–C) groups is 2. The van der Waals surface area contributed by atoms with Crippen molar-refractivity contribution in [2.75, 3.05) is 0 Å². The molecule has 0 saturated carbocycles. The van der Waals surface area contributed by atoms with Gasteiger partial charge >= 0.3 is 6.18 Å². The molecular formula is C25H24F3N3. The molecule has 1 aromatic heterocycles. The fourth-order valence-corrected chi connectivity index (χ4v) is 3.46. The predicted molar refractivity (Wildman–Crippen MR) is 120 cm³/mol. The zero-order valence-corrected chi connectivity index (χ0v) is 18.2. The molecule has 31 heavy (non-hydrogen) atoms. The summed E-state index contributed by atoms with van der Waals surface area (Å²) in [5.41, 5.74) is 5.61. The lowest BCUT2D eigenvalue weighted by atomic mass is 10.1. The Morgan fingerprint density at radius 1 is 0.774 bits per heavy atom. The van der Waals surface area contributed by atoms with E-state index in [0.717, 1.165) is 28.6 Å². The Labute approximate surface area is 180 Å². The van der Waals surface area contributed by atoms with Gasteiger partial charge in [0.1, 0.15) is 0 Å². The molecule has 0 bridgehead atoms. The molecular weight excluding hydrogens is 399 g/mol. The van der Waals surface area contributed by atoms with Crippen LogP contribution in [0.5, 0.6) is 0 Å². The molecule has 0 N–H and O–H groups in total. The summed E-state index contributed by atoms with van der Waals surface area (Å²) in [7, 11) is 0. The van der Waals surface area contributed by atoms with Crippen molar-refractivity contribution < 1.29 is 13.2 Å². The zero-order valence-electron chi connectivity index (χ0n) is 18.2. The smallest absolute Gasteiger partial charge is 0.251 e. The molecule has 0 aliphatic heterocycles. The molecule has 160 valence electrons. The highest BCUT2D eigenvalue weighted by Crippen LogP contribution is 2.36. The molecule has 0 spiro atoms. The lowest BCUT2D eigenvalue weighted by Gasteiger charge is -2.11. The van der Waals surface area contributed by atoms with Gasteiger partial charge in [0.2, 0.25) is 0 Å². The number of aryl methyl sites for hydroxylation is 3. The highest BCUT2D eigenvalue weighted by atomic mass is 19.4. The van der Waals surface area contributed by atoms with Crippen molar-refractivity contribution >= 4 is 22.8 Å². The number of halogens is 3. The van der Waals surface area contributed by atoms with Crippen LogP contribution in [0.3, 0.4) is 0 Å². The van der Waals surface area contributed by atoms with E-state index in [1.165, 1.54) is 23.8 Å². The van der Waals surface area contributed by atoms with Crippen molar-refractivity contribution in [3.05, 3.63) is 88.2 Å². The Bertz CT molecular complexity index is 1150. The first-order valence-corrected chi connectivity index (χ1v) is 9.88. The van der Waals surface area contributed by atoms with Gasteiger partial charge in [0.25, 0.3) is 0 Å². The SMILES string of the molecule is CC(=Nc1ccccc1C(F)(F)F)c1cccc(C(C)=Nc2c(C)cc(C)cc2C)n1. The van der Waals surface area contributed by atoms with Gasteiger partial charge in [-0.3, -0.25) is 9.98 Å². The van der Waals surface area contributed by atoms with Crippen LogP contribution < -0.4 is 0 Å². The summed E-state index contributed by atoms with van der Waals surface area (Å²) in [5.74, 6) is 0. The molecule has 0 fully saturated rings. The lowest BCUT2D eigenvalue weighted by Crippen LogP contribution is -2.07. The molecule has 6 heteroatoms. The van der Waals surface area contributed by atoms with Gasteiger partial charge in [-0.25, -0.2) is 4.98 Å². The number of hydrogen-bond donors (Lipinski definition) is 0. The number of hydrogen-bond acceptors (Lipinski definition) is 3. The van der Waals surface area contributed by atoms with E-state index in [2.05, 4.69) is 22.1 Å². The highest BCUT2D eigenvalue weighted by molar-refractivity contribution is 6.02. The van der Waals surface area contributed by atoms with Gasteiger partial charge in [-0.15, -0.1) is 0 Å². The van der Waals surface area contributed by atoms with E-state index in [1.807, 2.05) is 33.8 Å². The van der Waals surface area contributed by atoms with Gasteiger partial charge in [0, 0.05) is 0 Å². The molecule has 0 amide bonds. The molecule has 3 nitrogen and oxygen atoms in total. The monoisotopic (exact) mass is 423 g/mol. The van der Waals surface area contributed by atoms with Gasteiger partial charge in [0.15, 0.2) is 0 Å². The van der Waals surface area contributed by atoms with E-state index in [9.17, 15) is 13.2 Å². The van der Waals surface area contributed by atoms with Gasteiger partial charge in [-0.05, 0) is 70.0 Å². The minimum Gasteiger partial charge on any atom is -0.251 e. The standard InChI is InChI=1S/C25H24F3N3/c1-15-13-16(2)24(17(3)14-15)30-19(5)22-12-8-11-21(31-22)18(4)29-23-10-7-6-9-20(23)25(26,27)28/h6-14H,1-5H3. The average Bonchev–Trinajstić information content (AvgIpc) is 2.70. The van der Waals surface area contributed by atoms with Crippen molar-refractivity contribution in [1.29, 1.82) is 0 Å². The number of benzene rings is 2. The molecule has 1 heterocycles. The van der Waals surface area contributed by atoms with Crippen LogP contribution in [-0.4, -0.2) is 16.4 Å². The molecule has 2 aromatic carbocycles. The minimum atomic E-state index is -4.47. The topological polar surface area (TPSA) is 37.6 Å². The van der Waals surface area contributed by atoms with Crippen LogP contribution in [0.15, 0.2) is 64.6 Å². The van der Waals surface area contributed by atoms with Crippen LogP contribution in [0.1, 0.15) is 47.5 Å². The third-order valence-corrected chi connectivity index (χ3v) is 4.90. The Morgan fingerprint density at radius 3 is 1.90 bits per heavy atom. The molecule has 0 atom stereocenters. The molecule has 0 unspecified atom stereocenters. The summed E-state index contributed by atoms with van der Waals surface area (Å²) in [6, 6.07) is 14.8. The molecule has 3 rings (SSSR count). The number of aromatic nitrogens is 1. The second-order valence-electron chi connectivity index (χ2n) is 7.56. The van der Waals surface area contributed by atoms with Crippen molar-refractivity contribution in [1.82, 2.24) is 4.98 Å².